The van der Waals surface area contributed by atoms with Gasteiger partial charge >= 0.3 is 0 Å². The summed E-state index contributed by atoms with van der Waals surface area (Å²) in [5.74, 6) is 0.461. The number of aliphatic hydroxyl groups is 1. The molecule has 5 nitrogen and oxygen atoms in total. The van der Waals surface area contributed by atoms with Crippen LogP contribution in [0.1, 0.15) is 38.7 Å². The van der Waals surface area contributed by atoms with Gasteiger partial charge in [-0.1, -0.05) is 45.1 Å². The molecule has 1 amide bonds. The molecule has 0 saturated carbocycles. The molecule has 0 unspecified atom stereocenters. The fourth-order valence-electron chi connectivity index (χ4n) is 2.53. The molecule has 0 bridgehead atoms. The lowest BCUT2D eigenvalue weighted by Crippen LogP contribution is -2.40. The topological polar surface area (TPSA) is 84.6 Å². The van der Waals surface area contributed by atoms with Crippen LogP contribution < -0.4 is 15.8 Å². The Hall–Kier alpha value is -1.85. The molecule has 1 aromatic rings. The molecule has 0 aliphatic rings. The Morgan fingerprint density at radius 3 is 2.92 bits per heavy atom. The van der Waals surface area contributed by atoms with Crippen molar-refractivity contribution in [3.63, 3.8) is 0 Å². The van der Waals surface area contributed by atoms with Crippen LogP contribution in [0.25, 0.3) is 0 Å². The summed E-state index contributed by atoms with van der Waals surface area (Å²) in [5, 5.41) is 13.2. The second-order valence-corrected chi connectivity index (χ2v) is 6.46. The molecular weight excluding hydrogens is 316 g/mol. The maximum atomic E-state index is 12.0. The van der Waals surface area contributed by atoms with Gasteiger partial charge in [0.1, 0.15) is 12.4 Å². The standard InChI is InChI=1S/C20H32N2O3/c1-4-6-10-22-20(24)15(3)12-19(23)18(21)14-16-8-7-9-17(13-16)25-11-5-2/h5,7-9,13,15,18-19,23H,2,4,6,10-12,14,21H2,1,3H3,(H,22,24)/t15-,18+,19+/m1/s1. The summed E-state index contributed by atoms with van der Waals surface area (Å²) in [5.41, 5.74) is 7.12. The Bertz CT molecular complexity index is 533. The number of carbonyl (C=O) groups is 1. The molecule has 0 aliphatic carbocycles. The van der Waals surface area contributed by atoms with E-state index in [0.717, 1.165) is 24.2 Å². The molecule has 25 heavy (non-hydrogen) atoms. The van der Waals surface area contributed by atoms with E-state index in [9.17, 15) is 9.90 Å². The summed E-state index contributed by atoms with van der Waals surface area (Å²) in [6, 6.07) is 7.21. The first-order valence-corrected chi connectivity index (χ1v) is 9.01. The van der Waals surface area contributed by atoms with Crippen molar-refractivity contribution in [3.05, 3.63) is 42.5 Å². The number of ether oxygens (including phenoxy) is 1. The van der Waals surface area contributed by atoms with Crippen molar-refractivity contribution >= 4 is 5.91 Å². The summed E-state index contributed by atoms with van der Waals surface area (Å²) in [6.07, 6.45) is 3.84. The van der Waals surface area contributed by atoms with Crippen molar-refractivity contribution in [3.8, 4) is 5.75 Å². The highest BCUT2D eigenvalue weighted by molar-refractivity contribution is 5.78. The highest BCUT2D eigenvalue weighted by Crippen LogP contribution is 2.17. The van der Waals surface area contributed by atoms with E-state index in [1.807, 2.05) is 31.2 Å². The van der Waals surface area contributed by atoms with Gasteiger partial charge in [-0.25, -0.2) is 0 Å². The van der Waals surface area contributed by atoms with Crippen LogP contribution in [0.4, 0.5) is 0 Å². The minimum atomic E-state index is -0.732. The van der Waals surface area contributed by atoms with E-state index >= 15 is 0 Å². The van der Waals surface area contributed by atoms with Crippen molar-refractivity contribution in [1.82, 2.24) is 5.32 Å². The Morgan fingerprint density at radius 1 is 1.48 bits per heavy atom. The van der Waals surface area contributed by atoms with Gasteiger partial charge in [0.25, 0.3) is 0 Å². The zero-order valence-corrected chi connectivity index (χ0v) is 15.4. The number of nitrogens with one attached hydrogen (secondary N) is 1. The molecule has 4 N–H and O–H groups in total. The van der Waals surface area contributed by atoms with Gasteiger partial charge in [0.2, 0.25) is 5.91 Å². The summed E-state index contributed by atoms with van der Waals surface area (Å²) in [7, 11) is 0. The average Bonchev–Trinajstić information content (AvgIpc) is 2.60. The third-order valence-corrected chi connectivity index (χ3v) is 4.10. The second kappa shape index (κ2) is 11.7. The van der Waals surface area contributed by atoms with Crippen LogP contribution in [0.15, 0.2) is 36.9 Å². The molecule has 1 aromatic carbocycles. The van der Waals surface area contributed by atoms with Crippen LogP contribution in [-0.2, 0) is 11.2 Å². The highest BCUT2D eigenvalue weighted by Gasteiger charge is 2.22. The number of benzene rings is 1. The van der Waals surface area contributed by atoms with Crippen molar-refractivity contribution in [2.45, 2.75) is 51.7 Å². The molecule has 140 valence electrons. The van der Waals surface area contributed by atoms with Gasteiger partial charge in [0.05, 0.1) is 6.10 Å². The molecule has 3 atom stereocenters. The first-order chi connectivity index (χ1) is 12.0. The van der Waals surface area contributed by atoms with Gasteiger partial charge in [0, 0.05) is 18.5 Å². The number of unbranched alkanes of at least 4 members (excludes halogenated alkanes) is 1. The van der Waals surface area contributed by atoms with E-state index in [2.05, 4.69) is 18.8 Å². The van der Waals surface area contributed by atoms with Gasteiger partial charge < -0.3 is 20.9 Å². The Kier molecular flexibility index (Phi) is 9.88. The van der Waals surface area contributed by atoms with Crippen LogP contribution in [0.2, 0.25) is 0 Å². The van der Waals surface area contributed by atoms with E-state index in [0.29, 0.717) is 26.0 Å². The normalized spacial score (nSPS) is 14.4. The number of carbonyl (C=O) groups excluding carboxylic acids is 1. The monoisotopic (exact) mass is 348 g/mol. The van der Waals surface area contributed by atoms with E-state index in [1.165, 1.54) is 0 Å². The summed E-state index contributed by atoms with van der Waals surface area (Å²) >= 11 is 0. The molecule has 0 spiro atoms. The zero-order valence-electron chi connectivity index (χ0n) is 15.4. The molecular formula is C20H32N2O3. The largest absolute Gasteiger partial charge is 0.490 e. The van der Waals surface area contributed by atoms with Crippen LogP contribution in [0, 0.1) is 5.92 Å². The molecule has 0 aromatic heterocycles. The molecule has 1 rings (SSSR count). The van der Waals surface area contributed by atoms with Crippen LogP contribution in [0.3, 0.4) is 0 Å². The molecule has 0 fully saturated rings. The maximum absolute atomic E-state index is 12.0. The third-order valence-electron chi connectivity index (χ3n) is 4.10. The summed E-state index contributed by atoms with van der Waals surface area (Å²) in [6.45, 7) is 8.65. The lowest BCUT2D eigenvalue weighted by molar-refractivity contribution is -0.125. The number of aliphatic hydroxyl groups excluding tert-OH is 1. The fourth-order valence-corrected chi connectivity index (χ4v) is 2.53. The Labute approximate surface area is 151 Å². The van der Waals surface area contributed by atoms with Crippen LogP contribution in [-0.4, -0.2) is 36.3 Å². The summed E-state index contributed by atoms with van der Waals surface area (Å²) in [4.78, 5) is 12.0. The molecule has 0 saturated heterocycles. The quantitative estimate of drug-likeness (QED) is 0.400. The summed E-state index contributed by atoms with van der Waals surface area (Å²) < 4.78 is 5.51. The van der Waals surface area contributed by atoms with Crippen molar-refractivity contribution in [1.29, 1.82) is 0 Å². The molecule has 0 aliphatic heterocycles. The first kappa shape index (κ1) is 21.2. The molecule has 5 heteroatoms. The molecule has 0 heterocycles. The fraction of sp³-hybridized carbons (Fsp3) is 0.550. The molecule has 0 radical (unpaired) electrons. The minimum Gasteiger partial charge on any atom is -0.490 e. The predicted octanol–water partition coefficient (Wildman–Crippen LogP) is 2.42. The van der Waals surface area contributed by atoms with Gasteiger partial charge in [-0.3, -0.25) is 4.79 Å². The van der Waals surface area contributed by atoms with E-state index in [-0.39, 0.29) is 11.8 Å². The van der Waals surface area contributed by atoms with Crippen molar-refractivity contribution < 1.29 is 14.6 Å². The smallest absolute Gasteiger partial charge is 0.222 e. The number of nitrogens with two attached hydrogens (primary N) is 1. The Morgan fingerprint density at radius 2 is 2.24 bits per heavy atom. The third kappa shape index (κ3) is 8.18. The van der Waals surface area contributed by atoms with Crippen molar-refractivity contribution in [2.24, 2.45) is 11.7 Å². The van der Waals surface area contributed by atoms with Crippen LogP contribution >= 0.6 is 0 Å². The average molecular weight is 348 g/mol. The van der Waals surface area contributed by atoms with Crippen molar-refractivity contribution in [2.75, 3.05) is 13.2 Å². The van der Waals surface area contributed by atoms with E-state index < -0.39 is 12.1 Å². The number of hydrogen-bond acceptors (Lipinski definition) is 4. The predicted molar refractivity (Wildman–Crippen MR) is 102 cm³/mol. The Balaban J connectivity index is 2.49. The lowest BCUT2D eigenvalue weighted by Gasteiger charge is -2.22. The maximum Gasteiger partial charge on any atom is 0.222 e. The number of amides is 1. The highest BCUT2D eigenvalue weighted by atomic mass is 16.5. The zero-order chi connectivity index (χ0) is 18.7. The minimum absolute atomic E-state index is 0.0282. The second-order valence-electron chi connectivity index (χ2n) is 6.46. The van der Waals surface area contributed by atoms with E-state index in [1.54, 1.807) is 6.08 Å². The van der Waals surface area contributed by atoms with E-state index in [4.69, 9.17) is 10.5 Å². The van der Waals surface area contributed by atoms with Gasteiger partial charge in [0.15, 0.2) is 0 Å². The SMILES string of the molecule is C=CCOc1cccc(C[C@H](N)[C@@H](O)C[C@@H](C)C(=O)NCCCC)c1. The van der Waals surface area contributed by atoms with Gasteiger partial charge in [-0.05, 0) is 37.0 Å². The number of rotatable bonds is 12. The lowest BCUT2D eigenvalue weighted by atomic mass is 9.94. The number of hydrogen-bond donors (Lipinski definition) is 3. The first-order valence-electron chi connectivity index (χ1n) is 9.01. The van der Waals surface area contributed by atoms with Gasteiger partial charge in [-0.2, -0.15) is 0 Å². The van der Waals surface area contributed by atoms with Crippen LogP contribution in [0.5, 0.6) is 5.75 Å². The van der Waals surface area contributed by atoms with Gasteiger partial charge in [-0.15, -0.1) is 0 Å².